The van der Waals surface area contributed by atoms with Crippen molar-refractivity contribution in [3.8, 4) is 11.5 Å². The van der Waals surface area contributed by atoms with Gasteiger partial charge in [0.1, 0.15) is 0 Å². The molecule has 0 spiro atoms. The zero-order valence-corrected chi connectivity index (χ0v) is 8.45. The van der Waals surface area contributed by atoms with Gasteiger partial charge in [-0.25, -0.2) is 0 Å². The fourth-order valence-electron chi connectivity index (χ4n) is 1.33. The molecule has 1 aromatic carbocycles. The van der Waals surface area contributed by atoms with Gasteiger partial charge in [0.05, 0.1) is 5.69 Å². The van der Waals surface area contributed by atoms with E-state index >= 15 is 0 Å². The summed E-state index contributed by atoms with van der Waals surface area (Å²) in [6.07, 6.45) is 0.279. The molecule has 1 heterocycles. The second-order valence-electron chi connectivity index (χ2n) is 3.02. The summed E-state index contributed by atoms with van der Waals surface area (Å²) in [4.78, 5) is 0. The highest BCUT2D eigenvalue weighted by molar-refractivity contribution is 7.82. The Bertz CT molecular complexity index is 496. The monoisotopic (exact) mass is 231 g/mol. The SMILES string of the molecule is Nc1ccc(CCO)c2c1OS(=O)(=O)O2. The molecule has 0 aromatic heterocycles. The van der Waals surface area contributed by atoms with E-state index < -0.39 is 10.4 Å². The van der Waals surface area contributed by atoms with Gasteiger partial charge >= 0.3 is 10.4 Å². The van der Waals surface area contributed by atoms with Gasteiger partial charge in [-0.05, 0) is 12.5 Å². The van der Waals surface area contributed by atoms with Crippen LogP contribution >= 0.6 is 0 Å². The number of nitrogen functional groups attached to an aromatic ring is 1. The van der Waals surface area contributed by atoms with Gasteiger partial charge in [0.2, 0.25) is 5.75 Å². The summed E-state index contributed by atoms with van der Waals surface area (Å²) >= 11 is 0. The van der Waals surface area contributed by atoms with E-state index in [9.17, 15) is 8.42 Å². The van der Waals surface area contributed by atoms with Crippen LogP contribution in [-0.4, -0.2) is 20.1 Å². The van der Waals surface area contributed by atoms with Crippen LogP contribution in [0, 0.1) is 0 Å². The van der Waals surface area contributed by atoms with Gasteiger partial charge in [-0.15, -0.1) is 8.42 Å². The van der Waals surface area contributed by atoms with Gasteiger partial charge < -0.3 is 19.2 Å². The third-order valence-electron chi connectivity index (χ3n) is 1.98. The maximum Gasteiger partial charge on any atom is 0.501 e. The van der Waals surface area contributed by atoms with Crippen molar-refractivity contribution in [2.45, 2.75) is 6.42 Å². The molecule has 0 aliphatic carbocycles. The fraction of sp³-hybridized carbons (Fsp3) is 0.250. The third-order valence-corrected chi connectivity index (χ3v) is 2.72. The molecule has 0 fully saturated rings. The van der Waals surface area contributed by atoms with E-state index in [4.69, 9.17) is 10.8 Å². The van der Waals surface area contributed by atoms with E-state index in [2.05, 4.69) is 8.37 Å². The molecule has 0 atom stereocenters. The molecule has 7 heteroatoms. The molecule has 0 saturated carbocycles. The lowest BCUT2D eigenvalue weighted by molar-refractivity contribution is 0.298. The molecular weight excluding hydrogens is 222 g/mol. The molecule has 82 valence electrons. The van der Waals surface area contributed by atoms with Crippen LogP contribution in [0.15, 0.2) is 12.1 Å². The molecule has 0 unspecified atom stereocenters. The first-order valence-corrected chi connectivity index (χ1v) is 5.53. The van der Waals surface area contributed by atoms with Gasteiger partial charge in [-0.3, -0.25) is 0 Å². The first kappa shape index (κ1) is 10.1. The van der Waals surface area contributed by atoms with Crippen molar-refractivity contribution >= 4 is 16.1 Å². The Labute approximate surface area is 86.6 Å². The highest BCUT2D eigenvalue weighted by Crippen LogP contribution is 2.43. The molecular formula is C8H9NO5S. The lowest BCUT2D eigenvalue weighted by Crippen LogP contribution is -2.08. The van der Waals surface area contributed by atoms with Gasteiger partial charge in [0.15, 0.2) is 5.75 Å². The Balaban J connectivity index is 2.54. The lowest BCUT2D eigenvalue weighted by Gasteiger charge is -2.03. The van der Waals surface area contributed by atoms with Crippen molar-refractivity contribution in [2.75, 3.05) is 12.3 Å². The van der Waals surface area contributed by atoms with Crippen molar-refractivity contribution in [2.24, 2.45) is 0 Å². The minimum Gasteiger partial charge on any atom is -0.396 e. The smallest absolute Gasteiger partial charge is 0.396 e. The Morgan fingerprint density at radius 3 is 2.60 bits per heavy atom. The molecule has 0 radical (unpaired) electrons. The zero-order valence-electron chi connectivity index (χ0n) is 7.63. The van der Waals surface area contributed by atoms with Gasteiger partial charge in [0, 0.05) is 12.2 Å². The van der Waals surface area contributed by atoms with E-state index in [1.165, 1.54) is 6.07 Å². The summed E-state index contributed by atoms with van der Waals surface area (Å²) in [5.74, 6) is 0.0741. The predicted octanol–water partition coefficient (Wildman–Crippen LogP) is -0.180. The van der Waals surface area contributed by atoms with E-state index in [-0.39, 0.29) is 30.2 Å². The van der Waals surface area contributed by atoms with Crippen LogP contribution in [0.2, 0.25) is 0 Å². The Hall–Kier alpha value is -1.47. The molecule has 6 nitrogen and oxygen atoms in total. The average Bonchev–Trinajstić information content (AvgIpc) is 2.47. The first-order valence-electron chi connectivity index (χ1n) is 4.19. The quantitative estimate of drug-likeness (QED) is 0.685. The summed E-state index contributed by atoms with van der Waals surface area (Å²) in [5, 5.41) is 8.77. The van der Waals surface area contributed by atoms with Gasteiger partial charge in [-0.1, -0.05) is 6.07 Å². The Kier molecular flexibility index (Phi) is 2.20. The third kappa shape index (κ3) is 1.71. The van der Waals surface area contributed by atoms with Gasteiger partial charge in [0.25, 0.3) is 0 Å². The van der Waals surface area contributed by atoms with Crippen molar-refractivity contribution < 1.29 is 21.9 Å². The highest BCUT2D eigenvalue weighted by Gasteiger charge is 2.32. The van der Waals surface area contributed by atoms with E-state index in [0.717, 1.165) is 0 Å². The minimum absolute atomic E-state index is 0.000880. The first-order chi connectivity index (χ1) is 7.03. The molecule has 15 heavy (non-hydrogen) atoms. The summed E-state index contributed by atoms with van der Waals surface area (Å²) in [6, 6.07) is 3.10. The lowest BCUT2D eigenvalue weighted by atomic mass is 10.1. The second kappa shape index (κ2) is 3.28. The van der Waals surface area contributed by atoms with Crippen LogP contribution in [0.5, 0.6) is 11.5 Å². The number of hydrogen-bond donors (Lipinski definition) is 2. The molecule has 0 saturated heterocycles. The predicted molar refractivity (Wildman–Crippen MR) is 51.8 cm³/mol. The van der Waals surface area contributed by atoms with Crippen molar-refractivity contribution in [3.63, 3.8) is 0 Å². The summed E-state index contributed by atoms with van der Waals surface area (Å²) in [6.45, 7) is -0.111. The maximum atomic E-state index is 11.0. The van der Waals surface area contributed by atoms with E-state index in [0.29, 0.717) is 5.56 Å². The number of fused-ring (bicyclic) bond motifs is 1. The minimum atomic E-state index is -4.03. The van der Waals surface area contributed by atoms with Crippen LogP contribution < -0.4 is 14.1 Å². The molecule has 3 N–H and O–H groups in total. The Morgan fingerprint density at radius 1 is 1.27 bits per heavy atom. The topological polar surface area (TPSA) is 98.9 Å². The molecule has 1 aliphatic rings. The van der Waals surface area contributed by atoms with Crippen molar-refractivity contribution in [1.82, 2.24) is 0 Å². The van der Waals surface area contributed by atoms with Crippen molar-refractivity contribution in [1.29, 1.82) is 0 Å². The number of rotatable bonds is 2. The standard InChI is InChI=1S/C8H9NO5S/c9-6-2-1-5(3-4-10)7-8(6)14-15(11,12)13-7/h1-2,10H,3-4,9H2. The van der Waals surface area contributed by atoms with Crippen LogP contribution in [-0.2, 0) is 16.8 Å². The zero-order chi connectivity index (χ0) is 11.1. The number of anilines is 1. The average molecular weight is 231 g/mol. The summed E-state index contributed by atoms with van der Waals surface area (Å²) in [7, 11) is -4.03. The number of aliphatic hydroxyl groups excluding tert-OH is 1. The number of hydrogen-bond acceptors (Lipinski definition) is 6. The van der Waals surface area contributed by atoms with Crippen LogP contribution in [0.4, 0.5) is 5.69 Å². The summed E-state index contributed by atoms with van der Waals surface area (Å²) < 4.78 is 31.2. The highest BCUT2D eigenvalue weighted by atomic mass is 32.3. The number of nitrogens with two attached hydrogens (primary N) is 1. The maximum absolute atomic E-state index is 11.0. The Morgan fingerprint density at radius 2 is 1.93 bits per heavy atom. The fourth-order valence-corrected chi connectivity index (χ4v) is 2.13. The molecule has 1 aliphatic heterocycles. The van der Waals surface area contributed by atoms with Crippen molar-refractivity contribution in [3.05, 3.63) is 17.7 Å². The molecule has 0 amide bonds. The van der Waals surface area contributed by atoms with Crippen LogP contribution in [0.1, 0.15) is 5.56 Å². The molecule has 1 aromatic rings. The second-order valence-corrected chi connectivity index (χ2v) is 4.17. The normalized spacial score (nSPS) is 16.6. The molecule has 0 bridgehead atoms. The molecule has 2 rings (SSSR count). The largest absolute Gasteiger partial charge is 0.501 e. The van der Waals surface area contributed by atoms with Gasteiger partial charge in [-0.2, -0.15) is 0 Å². The number of aliphatic hydroxyl groups is 1. The van der Waals surface area contributed by atoms with E-state index in [1.807, 2.05) is 0 Å². The van der Waals surface area contributed by atoms with E-state index in [1.54, 1.807) is 6.07 Å². The van der Waals surface area contributed by atoms with Crippen LogP contribution in [0.3, 0.4) is 0 Å². The van der Waals surface area contributed by atoms with Crippen LogP contribution in [0.25, 0.3) is 0 Å². The summed E-state index contributed by atoms with van der Waals surface area (Å²) in [5.41, 5.74) is 6.26. The number of benzene rings is 1.